The van der Waals surface area contributed by atoms with Crippen LogP contribution in [0.5, 0.6) is 0 Å². The first kappa shape index (κ1) is 16.9. The van der Waals surface area contributed by atoms with Crippen molar-refractivity contribution in [2.45, 2.75) is 25.4 Å². The van der Waals surface area contributed by atoms with Gasteiger partial charge in [-0.3, -0.25) is 4.90 Å². The average molecular weight is 358 g/mol. The molecular weight excluding hydrogens is 333 g/mol. The second-order valence-electron chi connectivity index (χ2n) is 5.96. The molecule has 0 aromatic heterocycles. The summed E-state index contributed by atoms with van der Waals surface area (Å²) in [5.41, 5.74) is 1.04. The molecule has 118 valence electrons. The van der Waals surface area contributed by atoms with Crippen LogP contribution in [0.1, 0.15) is 12.5 Å². The Labute approximate surface area is 135 Å². The Balaban J connectivity index is 2.14. The van der Waals surface area contributed by atoms with Crippen LogP contribution >= 0.6 is 15.9 Å². The summed E-state index contributed by atoms with van der Waals surface area (Å²) in [5, 5.41) is 3.58. The van der Waals surface area contributed by atoms with E-state index in [0.29, 0.717) is 12.1 Å². The molecule has 3 nitrogen and oxygen atoms in total. The smallest absolute Gasteiger partial charge is 0.124 e. The van der Waals surface area contributed by atoms with Crippen molar-refractivity contribution < 1.29 is 4.39 Å². The fraction of sp³-hybridized carbons (Fsp3) is 0.625. The number of hydrogen-bond donors (Lipinski definition) is 1. The Kier molecular flexibility index (Phi) is 6.17. The van der Waals surface area contributed by atoms with E-state index in [0.717, 1.165) is 42.6 Å². The first-order valence-electron chi connectivity index (χ1n) is 7.56. The van der Waals surface area contributed by atoms with E-state index >= 15 is 0 Å². The van der Waals surface area contributed by atoms with Crippen LogP contribution in [0.3, 0.4) is 0 Å². The highest BCUT2D eigenvalue weighted by atomic mass is 79.9. The Morgan fingerprint density at radius 2 is 2.10 bits per heavy atom. The quantitative estimate of drug-likeness (QED) is 0.872. The van der Waals surface area contributed by atoms with E-state index in [1.165, 1.54) is 6.07 Å². The topological polar surface area (TPSA) is 18.5 Å². The van der Waals surface area contributed by atoms with E-state index < -0.39 is 0 Å². The maximum absolute atomic E-state index is 13.6. The van der Waals surface area contributed by atoms with Gasteiger partial charge in [0.2, 0.25) is 0 Å². The van der Waals surface area contributed by atoms with E-state index in [4.69, 9.17) is 0 Å². The monoisotopic (exact) mass is 357 g/mol. The Morgan fingerprint density at radius 1 is 1.33 bits per heavy atom. The molecule has 2 unspecified atom stereocenters. The third-order valence-electron chi connectivity index (χ3n) is 4.21. The van der Waals surface area contributed by atoms with Gasteiger partial charge in [-0.1, -0.05) is 22.9 Å². The summed E-state index contributed by atoms with van der Waals surface area (Å²) in [6.45, 7) is 6.29. The van der Waals surface area contributed by atoms with Crippen molar-refractivity contribution in [1.82, 2.24) is 15.1 Å². The molecule has 1 N–H and O–H groups in total. The molecule has 0 bridgehead atoms. The second-order valence-corrected chi connectivity index (χ2v) is 6.87. The molecule has 0 spiro atoms. The lowest BCUT2D eigenvalue weighted by atomic mass is 9.96. The zero-order chi connectivity index (χ0) is 15.4. The van der Waals surface area contributed by atoms with Crippen LogP contribution in [0.15, 0.2) is 22.7 Å². The SMILES string of the molecule is CCNC(Cc1cc(F)cc(Br)c1)C1CN(C)CCN1C. The third kappa shape index (κ3) is 4.74. The number of halogens is 2. The van der Waals surface area contributed by atoms with Crippen LogP contribution in [0, 0.1) is 5.82 Å². The molecule has 0 radical (unpaired) electrons. The summed E-state index contributed by atoms with van der Waals surface area (Å²) in [4.78, 5) is 4.79. The Morgan fingerprint density at radius 3 is 2.76 bits per heavy atom. The maximum Gasteiger partial charge on any atom is 0.124 e. The van der Waals surface area contributed by atoms with Gasteiger partial charge in [0.05, 0.1) is 0 Å². The molecule has 21 heavy (non-hydrogen) atoms. The average Bonchev–Trinajstić information content (AvgIpc) is 2.40. The van der Waals surface area contributed by atoms with Gasteiger partial charge in [0.1, 0.15) is 5.82 Å². The van der Waals surface area contributed by atoms with Crippen molar-refractivity contribution >= 4 is 15.9 Å². The molecule has 1 saturated heterocycles. The molecule has 0 amide bonds. The van der Waals surface area contributed by atoms with Crippen molar-refractivity contribution in [3.63, 3.8) is 0 Å². The lowest BCUT2D eigenvalue weighted by Crippen LogP contribution is -2.59. The first-order valence-corrected chi connectivity index (χ1v) is 8.36. The van der Waals surface area contributed by atoms with E-state index in [1.807, 2.05) is 6.07 Å². The molecule has 1 aliphatic rings. The number of likely N-dealkylation sites (N-methyl/N-ethyl adjacent to an activating group) is 3. The fourth-order valence-corrected chi connectivity index (χ4v) is 3.58. The van der Waals surface area contributed by atoms with Crippen molar-refractivity contribution in [3.8, 4) is 0 Å². The molecule has 1 aromatic rings. The number of benzene rings is 1. The van der Waals surface area contributed by atoms with Crippen LogP contribution in [0.25, 0.3) is 0 Å². The Hall–Kier alpha value is -0.490. The summed E-state index contributed by atoms with van der Waals surface area (Å²) >= 11 is 3.38. The normalized spacial score (nSPS) is 22.4. The van der Waals surface area contributed by atoms with Crippen molar-refractivity contribution in [2.24, 2.45) is 0 Å². The predicted octanol–water partition coefficient (Wildman–Crippen LogP) is 2.35. The molecule has 2 rings (SSSR count). The molecule has 1 aliphatic heterocycles. The third-order valence-corrected chi connectivity index (χ3v) is 4.67. The van der Waals surface area contributed by atoms with Crippen molar-refractivity contribution in [3.05, 3.63) is 34.1 Å². The van der Waals surface area contributed by atoms with E-state index in [9.17, 15) is 4.39 Å². The first-order chi connectivity index (χ1) is 9.99. The van der Waals surface area contributed by atoms with Crippen LogP contribution in [-0.4, -0.2) is 62.2 Å². The van der Waals surface area contributed by atoms with E-state index in [2.05, 4.69) is 52.1 Å². The van der Waals surface area contributed by atoms with Gasteiger partial charge in [0, 0.05) is 36.2 Å². The highest BCUT2D eigenvalue weighted by Gasteiger charge is 2.29. The predicted molar refractivity (Wildman–Crippen MR) is 89.2 cm³/mol. The van der Waals surface area contributed by atoms with Gasteiger partial charge < -0.3 is 10.2 Å². The highest BCUT2D eigenvalue weighted by Crippen LogP contribution is 2.19. The van der Waals surface area contributed by atoms with E-state index in [-0.39, 0.29) is 5.82 Å². The highest BCUT2D eigenvalue weighted by molar-refractivity contribution is 9.10. The molecule has 0 aliphatic carbocycles. The van der Waals surface area contributed by atoms with E-state index in [1.54, 1.807) is 6.07 Å². The molecule has 2 atom stereocenters. The van der Waals surface area contributed by atoms with Gasteiger partial charge in [-0.15, -0.1) is 0 Å². The molecule has 1 heterocycles. The van der Waals surface area contributed by atoms with Crippen molar-refractivity contribution in [2.75, 3.05) is 40.3 Å². The van der Waals surface area contributed by atoms with Gasteiger partial charge in [0.25, 0.3) is 0 Å². The van der Waals surface area contributed by atoms with Gasteiger partial charge >= 0.3 is 0 Å². The number of nitrogens with one attached hydrogen (secondary N) is 1. The molecular formula is C16H25BrFN3. The summed E-state index contributed by atoms with van der Waals surface area (Å²) in [6, 6.07) is 5.94. The molecule has 0 saturated carbocycles. The largest absolute Gasteiger partial charge is 0.312 e. The Bertz CT molecular complexity index is 449. The number of nitrogens with zero attached hydrogens (tertiary/aromatic N) is 2. The number of hydrogen-bond acceptors (Lipinski definition) is 3. The van der Waals surface area contributed by atoms with Gasteiger partial charge in [-0.2, -0.15) is 0 Å². The zero-order valence-electron chi connectivity index (χ0n) is 13.1. The minimum absolute atomic E-state index is 0.177. The van der Waals surface area contributed by atoms with Crippen LogP contribution in [0.4, 0.5) is 4.39 Å². The summed E-state index contributed by atoms with van der Waals surface area (Å²) in [7, 11) is 4.35. The maximum atomic E-state index is 13.6. The number of piperazine rings is 1. The standard InChI is InChI=1S/C16H25BrFN3/c1-4-19-15(16-11-20(2)5-6-21(16)3)9-12-7-13(17)10-14(18)8-12/h7-8,10,15-16,19H,4-6,9,11H2,1-3H3. The zero-order valence-corrected chi connectivity index (χ0v) is 14.7. The summed E-state index contributed by atoms with van der Waals surface area (Å²) in [5.74, 6) is -0.177. The van der Waals surface area contributed by atoms with Gasteiger partial charge in [0.15, 0.2) is 0 Å². The fourth-order valence-electron chi connectivity index (χ4n) is 3.07. The molecule has 1 aromatic carbocycles. The summed E-state index contributed by atoms with van der Waals surface area (Å²) in [6.07, 6.45) is 0.840. The van der Waals surface area contributed by atoms with Crippen LogP contribution in [-0.2, 0) is 6.42 Å². The van der Waals surface area contributed by atoms with Gasteiger partial charge in [-0.05, 0) is 50.8 Å². The lowest BCUT2D eigenvalue weighted by molar-refractivity contribution is 0.0880. The minimum Gasteiger partial charge on any atom is -0.312 e. The van der Waals surface area contributed by atoms with Crippen LogP contribution < -0.4 is 5.32 Å². The molecule has 5 heteroatoms. The molecule has 1 fully saturated rings. The van der Waals surface area contributed by atoms with Gasteiger partial charge in [-0.25, -0.2) is 4.39 Å². The lowest BCUT2D eigenvalue weighted by Gasteiger charge is -2.42. The van der Waals surface area contributed by atoms with Crippen molar-refractivity contribution in [1.29, 1.82) is 0 Å². The van der Waals surface area contributed by atoms with Crippen LogP contribution in [0.2, 0.25) is 0 Å². The minimum atomic E-state index is -0.177. The second kappa shape index (κ2) is 7.68. The summed E-state index contributed by atoms with van der Waals surface area (Å²) < 4.78 is 14.4. The number of rotatable bonds is 5.